The number of hydrogen-bond acceptors (Lipinski definition) is 2. The predicted molar refractivity (Wildman–Crippen MR) is 73.6 cm³/mol. The highest BCUT2D eigenvalue weighted by Crippen LogP contribution is 2.24. The summed E-state index contributed by atoms with van der Waals surface area (Å²) in [7, 11) is 0. The molecular formula is C14H21N3O. The summed E-state index contributed by atoms with van der Waals surface area (Å²) < 4.78 is 5.85. The number of guanidine groups is 1. The Morgan fingerprint density at radius 2 is 2.28 bits per heavy atom. The molecule has 2 N–H and O–H groups in total. The molecule has 1 atom stereocenters. The third kappa shape index (κ3) is 2.82. The quantitative estimate of drug-likeness (QED) is 0.639. The highest BCUT2D eigenvalue weighted by Gasteiger charge is 2.23. The van der Waals surface area contributed by atoms with Gasteiger partial charge in [0.25, 0.3) is 0 Å². The number of aryl methyl sites for hydroxylation is 1. The van der Waals surface area contributed by atoms with Crippen LogP contribution in [0.1, 0.15) is 24.2 Å². The summed E-state index contributed by atoms with van der Waals surface area (Å²) in [5.41, 5.74) is 8.46. The largest absolute Gasteiger partial charge is 0.370 e. The minimum atomic E-state index is 0.0885. The van der Waals surface area contributed by atoms with Crippen molar-refractivity contribution in [3.05, 3.63) is 35.4 Å². The second-order valence-corrected chi connectivity index (χ2v) is 4.49. The number of ether oxygens (including phenoxy) is 1. The van der Waals surface area contributed by atoms with E-state index in [9.17, 15) is 0 Å². The van der Waals surface area contributed by atoms with E-state index in [-0.39, 0.29) is 6.10 Å². The topological polar surface area (TPSA) is 50.8 Å². The van der Waals surface area contributed by atoms with Crippen molar-refractivity contribution in [3.8, 4) is 0 Å². The molecule has 98 valence electrons. The van der Waals surface area contributed by atoms with E-state index in [1.165, 1.54) is 11.1 Å². The van der Waals surface area contributed by atoms with Crippen molar-refractivity contribution in [2.75, 3.05) is 26.2 Å². The van der Waals surface area contributed by atoms with Crippen molar-refractivity contribution in [1.82, 2.24) is 4.90 Å². The average Bonchev–Trinajstić information content (AvgIpc) is 2.40. The van der Waals surface area contributed by atoms with Crippen LogP contribution in [-0.4, -0.2) is 37.1 Å². The van der Waals surface area contributed by atoms with Crippen molar-refractivity contribution in [2.45, 2.75) is 20.0 Å². The van der Waals surface area contributed by atoms with E-state index in [0.717, 1.165) is 19.6 Å². The molecule has 2 rings (SSSR count). The molecule has 4 nitrogen and oxygen atoms in total. The molecule has 1 fully saturated rings. The monoisotopic (exact) mass is 247 g/mol. The molecule has 1 aliphatic heterocycles. The number of morpholine rings is 1. The van der Waals surface area contributed by atoms with Crippen LogP contribution in [0.15, 0.2) is 29.3 Å². The number of nitrogens with two attached hydrogens (primary N) is 1. The Kier molecular flexibility index (Phi) is 4.20. The Labute approximate surface area is 108 Å². The van der Waals surface area contributed by atoms with Gasteiger partial charge in [-0.1, -0.05) is 24.3 Å². The van der Waals surface area contributed by atoms with Gasteiger partial charge in [0.05, 0.1) is 13.2 Å². The lowest BCUT2D eigenvalue weighted by Crippen LogP contribution is -2.46. The Balaban J connectivity index is 2.12. The fourth-order valence-electron chi connectivity index (χ4n) is 2.26. The van der Waals surface area contributed by atoms with Crippen LogP contribution >= 0.6 is 0 Å². The van der Waals surface area contributed by atoms with Crippen LogP contribution in [0.2, 0.25) is 0 Å². The van der Waals surface area contributed by atoms with Gasteiger partial charge in [0.2, 0.25) is 0 Å². The number of hydrogen-bond donors (Lipinski definition) is 1. The molecular weight excluding hydrogens is 226 g/mol. The normalized spacial score (nSPS) is 21.1. The maximum atomic E-state index is 5.96. The molecule has 0 amide bonds. The van der Waals surface area contributed by atoms with Crippen molar-refractivity contribution >= 4 is 5.96 Å². The molecule has 0 aromatic heterocycles. The first-order valence-electron chi connectivity index (χ1n) is 6.44. The van der Waals surface area contributed by atoms with E-state index in [4.69, 9.17) is 10.5 Å². The molecule has 4 heteroatoms. The molecule has 1 saturated heterocycles. The standard InChI is InChI=1S/C14H21N3O/c1-3-16-14(15)17-8-9-18-13(10-17)12-7-5-4-6-11(12)2/h4-7,13H,3,8-10H2,1-2H3,(H2,15,16). The fraction of sp³-hybridized carbons (Fsp3) is 0.500. The molecule has 0 bridgehead atoms. The van der Waals surface area contributed by atoms with Crippen molar-refractivity contribution in [1.29, 1.82) is 0 Å². The molecule has 1 unspecified atom stereocenters. The third-order valence-electron chi connectivity index (χ3n) is 3.25. The van der Waals surface area contributed by atoms with Crippen LogP contribution < -0.4 is 5.73 Å². The molecule has 0 aliphatic carbocycles. The second-order valence-electron chi connectivity index (χ2n) is 4.49. The van der Waals surface area contributed by atoms with E-state index in [2.05, 4.69) is 28.9 Å². The number of aliphatic imine (C=N–C) groups is 1. The highest BCUT2D eigenvalue weighted by atomic mass is 16.5. The first kappa shape index (κ1) is 12.9. The zero-order valence-electron chi connectivity index (χ0n) is 11.1. The highest BCUT2D eigenvalue weighted by molar-refractivity contribution is 5.78. The van der Waals surface area contributed by atoms with Gasteiger partial charge in [0.1, 0.15) is 6.10 Å². The molecule has 1 aromatic rings. The van der Waals surface area contributed by atoms with Gasteiger partial charge in [-0.25, -0.2) is 0 Å². The van der Waals surface area contributed by atoms with E-state index in [1.807, 2.05) is 19.1 Å². The van der Waals surface area contributed by atoms with Gasteiger partial charge in [-0.3, -0.25) is 4.99 Å². The maximum Gasteiger partial charge on any atom is 0.191 e. The zero-order chi connectivity index (χ0) is 13.0. The van der Waals surface area contributed by atoms with Crippen LogP contribution in [0.3, 0.4) is 0 Å². The third-order valence-corrected chi connectivity index (χ3v) is 3.25. The number of benzene rings is 1. The Morgan fingerprint density at radius 1 is 1.50 bits per heavy atom. The summed E-state index contributed by atoms with van der Waals surface area (Å²) in [6.07, 6.45) is 0.0885. The van der Waals surface area contributed by atoms with Crippen LogP contribution in [0.25, 0.3) is 0 Å². The van der Waals surface area contributed by atoms with Crippen LogP contribution in [-0.2, 0) is 4.74 Å². The summed E-state index contributed by atoms with van der Waals surface area (Å²) in [6.45, 7) is 7.11. The lowest BCUT2D eigenvalue weighted by molar-refractivity contribution is -0.00766. The van der Waals surface area contributed by atoms with Gasteiger partial charge in [0.15, 0.2) is 5.96 Å². The van der Waals surface area contributed by atoms with Crippen LogP contribution in [0, 0.1) is 6.92 Å². The summed E-state index contributed by atoms with van der Waals surface area (Å²) in [5, 5.41) is 0. The molecule has 18 heavy (non-hydrogen) atoms. The molecule has 0 saturated carbocycles. The molecule has 1 aliphatic rings. The first-order valence-corrected chi connectivity index (χ1v) is 6.44. The number of rotatable bonds is 2. The van der Waals surface area contributed by atoms with E-state index < -0.39 is 0 Å². The predicted octanol–water partition coefficient (Wildman–Crippen LogP) is 1.70. The minimum absolute atomic E-state index is 0.0885. The van der Waals surface area contributed by atoms with Crippen molar-refractivity contribution in [2.24, 2.45) is 10.7 Å². The Hall–Kier alpha value is -1.55. The van der Waals surface area contributed by atoms with Gasteiger partial charge in [-0.15, -0.1) is 0 Å². The Bertz CT molecular complexity index is 431. The molecule has 0 radical (unpaired) electrons. The van der Waals surface area contributed by atoms with Crippen molar-refractivity contribution in [3.63, 3.8) is 0 Å². The first-order chi connectivity index (χ1) is 8.72. The van der Waals surface area contributed by atoms with Gasteiger partial charge in [0, 0.05) is 13.1 Å². The lowest BCUT2D eigenvalue weighted by Gasteiger charge is -2.34. The summed E-state index contributed by atoms with van der Waals surface area (Å²) in [4.78, 5) is 6.36. The van der Waals surface area contributed by atoms with E-state index in [1.54, 1.807) is 0 Å². The number of nitrogens with zero attached hydrogens (tertiary/aromatic N) is 2. The minimum Gasteiger partial charge on any atom is -0.370 e. The van der Waals surface area contributed by atoms with Gasteiger partial charge >= 0.3 is 0 Å². The maximum absolute atomic E-state index is 5.96. The fourth-order valence-corrected chi connectivity index (χ4v) is 2.26. The van der Waals surface area contributed by atoms with Crippen molar-refractivity contribution < 1.29 is 4.74 Å². The SMILES string of the molecule is CCN=C(N)N1CCOC(c2ccccc2C)C1. The summed E-state index contributed by atoms with van der Waals surface area (Å²) >= 11 is 0. The van der Waals surface area contributed by atoms with Gasteiger partial charge in [-0.2, -0.15) is 0 Å². The summed E-state index contributed by atoms with van der Waals surface area (Å²) in [6, 6.07) is 8.33. The van der Waals surface area contributed by atoms with Crippen LogP contribution in [0.4, 0.5) is 0 Å². The average molecular weight is 247 g/mol. The lowest BCUT2D eigenvalue weighted by atomic mass is 10.0. The molecule has 0 spiro atoms. The molecule has 1 aromatic carbocycles. The molecule has 1 heterocycles. The van der Waals surface area contributed by atoms with Gasteiger partial charge < -0.3 is 15.4 Å². The smallest absolute Gasteiger partial charge is 0.191 e. The van der Waals surface area contributed by atoms with Gasteiger partial charge in [-0.05, 0) is 25.0 Å². The van der Waals surface area contributed by atoms with E-state index >= 15 is 0 Å². The van der Waals surface area contributed by atoms with E-state index in [0.29, 0.717) is 12.6 Å². The Morgan fingerprint density at radius 3 is 3.00 bits per heavy atom. The summed E-state index contributed by atoms with van der Waals surface area (Å²) in [5.74, 6) is 0.624. The second kappa shape index (κ2) is 5.87. The van der Waals surface area contributed by atoms with Crippen LogP contribution in [0.5, 0.6) is 0 Å². The zero-order valence-corrected chi connectivity index (χ0v) is 11.1.